The van der Waals surface area contributed by atoms with E-state index in [2.05, 4.69) is 27.8 Å². The van der Waals surface area contributed by atoms with Crippen LogP contribution in [0.4, 0.5) is 0 Å². The van der Waals surface area contributed by atoms with E-state index in [9.17, 15) is 4.79 Å². The monoisotopic (exact) mass is 339 g/mol. The minimum Gasteiger partial charge on any atom is -0.377 e. The van der Waals surface area contributed by atoms with E-state index < -0.39 is 0 Å². The van der Waals surface area contributed by atoms with Gasteiger partial charge in [-0.1, -0.05) is 28.1 Å². The third kappa shape index (κ3) is 4.14. The number of ether oxygens (including phenoxy) is 1. The third-order valence-electron chi connectivity index (χ3n) is 4.05. The predicted octanol–water partition coefficient (Wildman–Crippen LogP) is 3.52. The summed E-state index contributed by atoms with van der Waals surface area (Å²) < 4.78 is 6.58. The Morgan fingerprint density at radius 3 is 2.75 bits per heavy atom. The molecular weight excluding hydrogens is 318 g/mol. The second-order valence-corrected chi connectivity index (χ2v) is 6.63. The quantitative estimate of drug-likeness (QED) is 0.768. The van der Waals surface area contributed by atoms with Crippen LogP contribution >= 0.6 is 15.9 Å². The summed E-state index contributed by atoms with van der Waals surface area (Å²) in [5.74, 6) is 0.210. The number of benzene rings is 1. The third-order valence-corrected chi connectivity index (χ3v) is 4.58. The Balaban J connectivity index is 1.85. The fourth-order valence-corrected chi connectivity index (χ4v) is 2.97. The number of Topliss-reactive ketones (excluding diaryl/α,β-unsaturated/α-hetero) is 1. The Labute approximate surface area is 129 Å². The van der Waals surface area contributed by atoms with Crippen LogP contribution in [0.25, 0.3) is 0 Å². The van der Waals surface area contributed by atoms with Gasteiger partial charge in [-0.15, -0.1) is 0 Å². The molecule has 1 atom stereocenters. The molecule has 1 fully saturated rings. The van der Waals surface area contributed by atoms with Gasteiger partial charge in [0.05, 0.1) is 5.60 Å². The summed E-state index contributed by atoms with van der Waals surface area (Å²) in [5, 5.41) is 0. The van der Waals surface area contributed by atoms with Crippen LogP contribution in [0.2, 0.25) is 0 Å². The molecular formula is C16H22BrNO2. The van der Waals surface area contributed by atoms with Gasteiger partial charge in [-0.2, -0.15) is 0 Å². The Hall–Kier alpha value is -0.710. The Kier molecular flexibility index (Phi) is 5.35. The first kappa shape index (κ1) is 15.7. The maximum atomic E-state index is 12.2. The molecule has 0 saturated carbocycles. The van der Waals surface area contributed by atoms with Crippen molar-refractivity contribution in [3.05, 3.63) is 34.3 Å². The zero-order chi connectivity index (χ0) is 14.6. The van der Waals surface area contributed by atoms with Crippen molar-refractivity contribution in [3.8, 4) is 0 Å². The van der Waals surface area contributed by atoms with E-state index in [1.807, 2.05) is 24.3 Å². The summed E-state index contributed by atoms with van der Waals surface area (Å²) in [6, 6.07) is 7.58. The van der Waals surface area contributed by atoms with Gasteiger partial charge in [0.15, 0.2) is 5.78 Å². The molecule has 1 aromatic rings. The van der Waals surface area contributed by atoms with Gasteiger partial charge in [0, 0.05) is 36.7 Å². The Morgan fingerprint density at radius 2 is 2.10 bits per heavy atom. The molecule has 110 valence electrons. The summed E-state index contributed by atoms with van der Waals surface area (Å²) >= 11 is 3.38. The van der Waals surface area contributed by atoms with Gasteiger partial charge < -0.3 is 9.64 Å². The minimum atomic E-state index is -0.0566. The van der Waals surface area contributed by atoms with Crippen LogP contribution < -0.4 is 0 Å². The fraction of sp³-hybridized carbons (Fsp3) is 0.562. The van der Waals surface area contributed by atoms with E-state index in [-0.39, 0.29) is 11.4 Å². The first-order chi connectivity index (χ1) is 9.52. The van der Waals surface area contributed by atoms with Crippen molar-refractivity contribution in [1.29, 1.82) is 0 Å². The highest BCUT2D eigenvalue weighted by atomic mass is 79.9. The van der Waals surface area contributed by atoms with Gasteiger partial charge in [-0.25, -0.2) is 0 Å². The summed E-state index contributed by atoms with van der Waals surface area (Å²) in [6.07, 6.45) is 2.80. The van der Waals surface area contributed by atoms with Crippen LogP contribution in [0.3, 0.4) is 0 Å². The number of methoxy groups -OCH3 is 1. The lowest BCUT2D eigenvalue weighted by Crippen LogP contribution is -2.47. The predicted molar refractivity (Wildman–Crippen MR) is 84.2 cm³/mol. The molecule has 1 saturated heterocycles. The number of rotatable bonds is 5. The van der Waals surface area contributed by atoms with E-state index in [1.54, 1.807) is 7.11 Å². The summed E-state index contributed by atoms with van der Waals surface area (Å²) in [6.45, 7) is 4.94. The lowest BCUT2D eigenvalue weighted by atomic mass is 9.94. The molecule has 0 aromatic heterocycles. The second kappa shape index (κ2) is 6.83. The van der Waals surface area contributed by atoms with Gasteiger partial charge in [0.25, 0.3) is 0 Å². The van der Waals surface area contributed by atoms with E-state index in [0.717, 1.165) is 42.5 Å². The average Bonchev–Trinajstić information content (AvgIpc) is 2.46. The van der Waals surface area contributed by atoms with Crippen LogP contribution in [0.5, 0.6) is 0 Å². The largest absolute Gasteiger partial charge is 0.377 e. The highest BCUT2D eigenvalue weighted by molar-refractivity contribution is 9.10. The number of hydrogen-bond donors (Lipinski definition) is 0. The number of halogens is 1. The van der Waals surface area contributed by atoms with Crippen molar-refractivity contribution in [3.63, 3.8) is 0 Å². The van der Waals surface area contributed by atoms with Crippen molar-refractivity contribution >= 4 is 21.7 Å². The topological polar surface area (TPSA) is 29.5 Å². The van der Waals surface area contributed by atoms with Gasteiger partial charge >= 0.3 is 0 Å². The highest BCUT2D eigenvalue weighted by Crippen LogP contribution is 2.24. The molecule has 1 aliphatic rings. The molecule has 0 bridgehead atoms. The zero-order valence-corrected chi connectivity index (χ0v) is 13.8. The average molecular weight is 340 g/mol. The zero-order valence-electron chi connectivity index (χ0n) is 12.2. The molecule has 20 heavy (non-hydrogen) atoms. The van der Waals surface area contributed by atoms with E-state index in [0.29, 0.717) is 6.42 Å². The van der Waals surface area contributed by atoms with Gasteiger partial charge in [0.2, 0.25) is 0 Å². The number of nitrogens with zero attached hydrogens (tertiary/aromatic N) is 1. The van der Waals surface area contributed by atoms with E-state index in [1.165, 1.54) is 0 Å². The number of piperidine rings is 1. The number of ketones is 1. The molecule has 1 aliphatic heterocycles. The van der Waals surface area contributed by atoms with Crippen molar-refractivity contribution < 1.29 is 9.53 Å². The highest BCUT2D eigenvalue weighted by Gasteiger charge is 2.30. The molecule has 1 heterocycles. The lowest BCUT2D eigenvalue weighted by molar-refractivity contribution is -0.0503. The lowest BCUT2D eigenvalue weighted by Gasteiger charge is -2.39. The Morgan fingerprint density at radius 1 is 1.40 bits per heavy atom. The van der Waals surface area contributed by atoms with Crippen LogP contribution in [-0.2, 0) is 4.74 Å². The summed E-state index contributed by atoms with van der Waals surface area (Å²) in [4.78, 5) is 14.5. The number of likely N-dealkylation sites (tertiary alicyclic amines) is 1. The van der Waals surface area contributed by atoms with Gasteiger partial charge in [-0.05, 0) is 38.4 Å². The Bertz CT molecular complexity index is 460. The maximum Gasteiger partial charge on any atom is 0.164 e. The molecule has 1 aromatic carbocycles. The summed E-state index contributed by atoms with van der Waals surface area (Å²) in [5.41, 5.74) is 0.735. The molecule has 0 amide bonds. The molecule has 3 nitrogen and oxygen atoms in total. The van der Waals surface area contributed by atoms with E-state index in [4.69, 9.17) is 4.74 Å². The standard InChI is InChI=1S/C16H22BrNO2/c1-16(20-2)9-3-10-18(12-16)11-8-15(19)13-4-6-14(17)7-5-13/h4-7H,3,8-12H2,1-2H3. The van der Waals surface area contributed by atoms with Crippen molar-refractivity contribution in [2.45, 2.75) is 31.8 Å². The molecule has 0 N–H and O–H groups in total. The van der Waals surface area contributed by atoms with Crippen LogP contribution in [0.15, 0.2) is 28.7 Å². The number of hydrogen-bond acceptors (Lipinski definition) is 3. The van der Waals surface area contributed by atoms with Crippen molar-refractivity contribution in [1.82, 2.24) is 4.90 Å². The molecule has 0 radical (unpaired) electrons. The van der Waals surface area contributed by atoms with Crippen LogP contribution in [0.1, 0.15) is 36.5 Å². The van der Waals surface area contributed by atoms with Crippen LogP contribution in [0, 0.1) is 0 Å². The van der Waals surface area contributed by atoms with E-state index >= 15 is 0 Å². The summed E-state index contributed by atoms with van der Waals surface area (Å²) in [7, 11) is 1.77. The van der Waals surface area contributed by atoms with Gasteiger partial charge in [-0.3, -0.25) is 4.79 Å². The smallest absolute Gasteiger partial charge is 0.164 e. The second-order valence-electron chi connectivity index (χ2n) is 5.71. The van der Waals surface area contributed by atoms with Crippen molar-refractivity contribution in [2.24, 2.45) is 0 Å². The SMILES string of the molecule is COC1(C)CCCN(CCC(=O)c2ccc(Br)cc2)C1. The first-order valence-electron chi connectivity index (χ1n) is 7.09. The van der Waals surface area contributed by atoms with Crippen LogP contribution in [-0.4, -0.2) is 43.0 Å². The molecule has 0 aliphatic carbocycles. The molecule has 2 rings (SSSR count). The maximum absolute atomic E-state index is 12.2. The molecule has 0 spiro atoms. The molecule has 1 unspecified atom stereocenters. The number of carbonyl (C=O) groups excluding carboxylic acids is 1. The van der Waals surface area contributed by atoms with Crippen molar-refractivity contribution in [2.75, 3.05) is 26.7 Å². The van der Waals surface area contributed by atoms with Gasteiger partial charge in [0.1, 0.15) is 0 Å². The normalized spacial score (nSPS) is 23.8. The fourth-order valence-electron chi connectivity index (χ4n) is 2.70. The first-order valence-corrected chi connectivity index (χ1v) is 7.88. The number of carbonyl (C=O) groups is 1. The molecule has 4 heteroatoms. The minimum absolute atomic E-state index is 0.0566.